The van der Waals surface area contributed by atoms with Crippen molar-refractivity contribution in [2.24, 2.45) is 0 Å². The van der Waals surface area contributed by atoms with E-state index in [0.717, 1.165) is 14.9 Å². The molecule has 0 aliphatic rings. The van der Waals surface area contributed by atoms with Crippen LogP contribution in [0.2, 0.25) is 5.02 Å². The van der Waals surface area contributed by atoms with Crippen LogP contribution < -0.4 is 0 Å². The Labute approximate surface area is 130 Å². The molecule has 0 fully saturated rings. The van der Waals surface area contributed by atoms with Gasteiger partial charge in [-0.25, -0.2) is 0 Å². The van der Waals surface area contributed by atoms with Crippen molar-refractivity contribution in [3.05, 3.63) is 63.6 Å². The Balaban J connectivity index is 1.88. The van der Waals surface area contributed by atoms with Crippen molar-refractivity contribution in [2.45, 2.75) is 11.3 Å². The Morgan fingerprint density at radius 1 is 1.16 bits per heavy atom. The SMILES string of the molecule is O=C(CSc1cccc(Br)c1)Cc1cccc(Cl)c1. The van der Waals surface area contributed by atoms with Crippen LogP contribution >= 0.6 is 39.3 Å². The lowest BCUT2D eigenvalue weighted by Gasteiger charge is -2.03. The van der Waals surface area contributed by atoms with E-state index in [-0.39, 0.29) is 5.78 Å². The summed E-state index contributed by atoms with van der Waals surface area (Å²) in [5, 5.41) is 0.671. The largest absolute Gasteiger partial charge is 0.298 e. The molecule has 0 aliphatic heterocycles. The van der Waals surface area contributed by atoms with Crippen LogP contribution in [-0.4, -0.2) is 11.5 Å². The van der Waals surface area contributed by atoms with Gasteiger partial charge in [-0.2, -0.15) is 0 Å². The minimum Gasteiger partial charge on any atom is -0.298 e. The maximum absolute atomic E-state index is 11.9. The molecule has 0 bridgehead atoms. The smallest absolute Gasteiger partial charge is 0.147 e. The normalized spacial score (nSPS) is 10.4. The molecule has 0 saturated carbocycles. The third-order valence-electron chi connectivity index (χ3n) is 2.49. The number of benzene rings is 2. The van der Waals surface area contributed by atoms with Crippen LogP contribution in [0.5, 0.6) is 0 Å². The Hall–Kier alpha value is -0.770. The van der Waals surface area contributed by atoms with E-state index in [0.29, 0.717) is 17.2 Å². The fourth-order valence-corrected chi connectivity index (χ4v) is 3.22. The van der Waals surface area contributed by atoms with Gasteiger partial charge < -0.3 is 0 Å². The van der Waals surface area contributed by atoms with E-state index in [2.05, 4.69) is 15.9 Å². The molecule has 2 aromatic rings. The van der Waals surface area contributed by atoms with Crippen molar-refractivity contribution in [2.75, 3.05) is 5.75 Å². The number of thioether (sulfide) groups is 1. The van der Waals surface area contributed by atoms with Crippen LogP contribution in [0.4, 0.5) is 0 Å². The van der Waals surface area contributed by atoms with Crippen LogP contribution in [0.3, 0.4) is 0 Å². The summed E-state index contributed by atoms with van der Waals surface area (Å²) in [6, 6.07) is 15.4. The van der Waals surface area contributed by atoms with Crippen LogP contribution in [0, 0.1) is 0 Å². The van der Waals surface area contributed by atoms with Crippen molar-refractivity contribution in [1.29, 1.82) is 0 Å². The maximum atomic E-state index is 11.9. The summed E-state index contributed by atoms with van der Waals surface area (Å²) in [6.07, 6.45) is 0.432. The molecule has 0 aromatic heterocycles. The van der Waals surface area contributed by atoms with Gasteiger partial charge in [0.2, 0.25) is 0 Å². The van der Waals surface area contributed by atoms with Gasteiger partial charge >= 0.3 is 0 Å². The average Bonchev–Trinajstić information content (AvgIpc) is 2.36. The van der Waals surface area contributed by atoms with E-state index in [1.807, 2.05) is 48.5 Å². The zero-order valence-electron chi connectivity index (χ0n) is 10.1. The minimum atomic E-state index is 0.201. The van der Waals surface area contributed by atoms with Gasteiger partial charge in [0.1, 0.15) is 5.78 Å². The highest BCUT2D eigenvalue weighted by Gasteiger charge is 2.05. The summed E-state index contributed by atoms with van der Waals surface area (Å²) in [4.78, 5) is 13.0. The molecule has 0 atom stereocenters. The lowest BCUT2D eigenvalue weighted by molar-refractivity contribution is -0.116. The number of carbonyl (C=O) groups excluding carboxylic acids is 1. The molecule has 2 aromatic carbocycles. The van der Waals surface area contributed by atoms with Gasteiger partial charge in [-0.3, -0.25) is 4.79 Å². The summed E-state index contributed by atoms with van der Waals surface area (Å²) in [5.74, 6) is 0.676. The summed E-state index contributed by atoms with van der Waals surface area (Å²) in [5.41, 5.74) is 0.965. The molecule has 0 saturated heterocycles. The zero-order valence-corrected chi connectivity index (χ0v) is 13.3. The van der Waals surface area contributed by atoms with Crippen molar-refractivity contribution in [1.82, 2.24) is 0 Å². The van der Waals surface area contributed by atoms with Crippen LogP contribution in [0.15, 0.2) is 57.9 Å². The summed E-state index contributed by atoms with van der Waals surface area (Å²) in [6.45, 7) is 0. The molecular formula is C15H12BrClOS. The molecule has 0 aliphatic carbocycles. The highest BCUT2D eigenvalue weighted by atomic mass is 79.9. The highest BCUT2D eigenvalue weighted by Crippen LogP contribution is 2.22. The van der Waals surface area contributed by atoms with E-state index in [1.54, 1.807) is 11.8 Å². The molecule has 0 radical (unpaired) electrons. The highest BCUT2D eigenvalue weighted by molar-refractivity contribution is 9.10. The zero-order chi connectivity index (χ0) is 13.7. The molecule has 0 heterocycles. The average molecular weight is 356 g/mol. The third kappa shape index (κ3) is 5.01. The van der Waals surface area contributed by atoms with Crippen LogP contribution in [0.25, 0.3) is 0 Å². The number of rotatable bonds is 5. The quantitative estimate of drug-likeness (QED) is 0.702. The fraction of sp³-hybridized carbons (Fsp3) is 0.133. The summed E-state index contributed by atoms with van der Waals surface area (Å²) >= 11 is 10.9. The van der Waals surface area contributed by atoms with Gasteiger partial charge in [-0.05, 0) is 35.9 Å². The molecule has 0 unspecified atom stereocenters. The second-order valence-electron chi connectivity index (χ2n) is 4.09. The maximum Gasteiger partial charge on any atom is 0.147 e. The molecule has 1 nitrogen and oxygen atoms in total. The van der Waals surface area contributed by atoms with E-state index in [4.69, 9.17) is 11.6 Å². The first-order valence-corrected chi connectivity index (χ1v) is 7.93. The van der Waals surface area contributed by atoms with E-state index in [1.165, 1.54) is 0 Å². The monoisotopic (exact) mass is 354 g/mol. The number of carbonyl (C=O) groups is 1. The van der Waals surface area contributed by atoms with Crippen molar-refractivity contribution < 1.29 is 4.79 Å². The number of hydrogen-bond donors (Lipinski definition) is 0. The molecule has 98 valence electrons. The van der Waals surface area contributed by atoms with E-state index in [9.17, 15) is 4.79 Å². The minimum absolute atomic E-state index is 0.201. The van der Waals surface area contributed by atoms with Gasteiger partial charge in [-0.15, -0.1) is 11.8 Å². The lowest BCUT2D eigenvalue weighted by Crippen LogP contribution is -2.05. The van der Waals surface area contributed by atoms with Crippen molar-refractivity contribution in [3.8, 4) is 0 Å². The Kier molecular flexibility index (Phi) is 5.49. The van der Waals surface area contributed by atoms with Gasteiger partial charge in [0.15, 0.2) is 0 Å². The van der Waals surface area contributed by atoms with Gasteiger partial charge in [-0.1, -0.05) is 45.7 Å². The second-order valence-corrected chi connectivity index (χ2v) is 6.49. The Morgan fingerprint density at radius 3 is 2.68 bits per heavy atom. The first-order valence-electron chi connectivity index (χ1n) is 5.78. The first-order chi connectivity index (χ1) is 9.13. The Morgan fingerprint density at radius 2 is 1.95 bits per heavy atom. The molecular weight excluding hydrogens is 344 g/mol. The topological polar surface area (TPSA) is 17.1 Å². The summed E-state index contributed by atoms with van der Waals surface area (Å²) in [7, 11) is 0. The number of ketones is 1. The molecule has 2 rings (SSSR count). The second kappa shape index (κ2) is 7.13. The lowest BCUT2D eigenvalue weighted by atomic mass is 10.1. The predicted molar refractivity (Wildman–Crippen MR) is 85.0 cm³/mol. The Bertz CT molecular complexity index is 586. The van der Waals surface area contributed by atoms with Gasteiger partial charge in [0, 0.05) is 20.8 Å². The van der Waals surface area contributed by atoms with E-state index >= 15 is 0 Å². The first kappa shape index (κ1) is 14.6. The van der Waals surface area contributed by atoms with E-state index < -0.39 is 0 Å². The van der Waals surface area contributed by atoms with Crippen molar-refractivity contribution in [3.63, 3.8) is 0 Å². The standard InChI is InChI=1S/C15H12BrClOS/c16-12-4-2-6-15(9-12)19-10-14(18)8-11-3-1-5-13(17)7-11/h1-7,9H,8,10H2. The van der Waals surface area contributed by atoms with Gasteiger partial charge in [0.25, 0.3) is 0 Å². The molecule has 0 N–H and O–H groups in total. The number of halogens is 2. The molecule has 0 amide bonds. The predicted octanol–water partition coefficient (Wildman–Crippen LogP) is 5.01. The van der Waals surface area contributed by atoms with Gasteiger partial charge in [0.05, 0.1) is 5.75 Å². The number of hydrogen-bond acceptors (Lipinski definition) is 2. The number of Topliss-reactive ketones (excluding diaryl/α,β-unsaturated/α-hetero) is 1. The molecule has 19 heavy (non-hydrogen) atoms. The summed E-state index contributed by atoms with van der Waals surface area (Å²) < 4.78 is 1.03. The molecule has 0 spiro atoms. The molecule has 4 heteroatoms. The van der Waals surface area contributed by atoms with Crippen LogP contribution in [0.1, 0.15) is 5.56 Å². The van der Waals surface area contributed by atoms with Crippen molar-refractivity contribution >= 4 is 45.1 Å². The third-order valence-corrected chi connectivity index (χ3v) is 4.27. The fourth-order valence-electron chi connectivity index (χ4n) is 1.65. The van der Waals surface area contributed by atoms with Crippen LogP contribution in [-0.2, 0) is 11.2 Å².